The van der Waals surface area contributed by atoms with E-state index in [-0.39, 0.29) is 12.4 Å². The number of rotatable bonds is 1. The first-order valence-electron chi connectivity index (χ1n) is 6.61. The fraction of sp³-hybridized carbons (Fsp3) is 0.538. The zero-order valence-corrected chi connectivity index (χ0v) is 11.5. The zero-order valence-electron chi connectivity index (χ0n) is 10.7. The third-order valence-corrected chi connectivity index (χ3v) is 4.05. The highest BCUT2D eigenvalue weighted by Gasteiger charge is 2.31. The Morgan fingerprint density at radius 1 is 1.16 bits per heavy atom. The van der Waals surface area contributed by atoms with Crippen molar-refractivity contribution < 1.29 is 4.42 Å². The molecule has 0 atom stereocenters. The van der Waals surface area contributed by atoms with Gasteiger partial charge in [-0.3, -0.25) is 0 Å². The van der Waals surface area contributed by atoms with Gasteiger partial charge in [0.25, 0.3) is 6.01 Å². The SMILES string of the molecule is Cl.c1cnc2nc(N3CCN4CCC3CC4)oc2c1. The molecule has 3 fully saturated rings. The molecule has 0 spiro atoms. The summed E-state index contributed by atoms with van der Waals surface area (Å²) in [6, 6.07) is 5.14. The molecule has 0 radical (unpaired) electrons. The van der Waals surface area contributed by atoms with Crippen molar-refractivity contribution in [1.82, 2.24) is 14.9 Å². The van der Waals surface area contributed by atoms with Gasteiger partial charge in [0.15, 0.2) is 5.58 Å². The van der Waals surface area contributed by atoms with Crippen molar-refractivity contribution in [1.29, 1.82) is 0 Å². The van der Waals surface area contributed by atoms with Gasteiger partial charge in [-0.1, -0.05) is 0 Å². The van der Waals surface area contributed by atoms with Crippen LogP contribution in [-0.4, -0.2) is 47.1 Å². The lowest BCUT2D eigenvalue weighted by molar-refractivity contribution is 0.249. The van der Waals surface area contributed by atoms with E-state index in [1.165, 1.54) is 25.9 Å². The molecule has 3 aliphatic rings. The number of nitrogens with zero attached hydrogens (tertiary/aromatic N) is 4. The van der Waals surface area contributed by atoms with Crippen molar-refractivity contribution >= 4 is 29.7 Å². The molecule has 0 saturated carbocycles. The normalized spacial score (nSPS) is 26.2. The first-order chi connectivity index (χ1) is 8.90. The van der Waals surface area contributed by atoms with Gasteiger partial charge in [-0.2, -0.15) is 4.98 Å². The first kappa shape index (κ1) is 12.7. The average Bonchev–Trinajstić information content (AvgIpc) is 2.61. The van der Waals surface area contributed by atoms with E-state index in [9.17, 15) is 0 Å². The second-order valence-corrected chi connectivity index (χ2v) is 5.09. The maximum Gasteiger partial charge on any atom is 0.300 e. The highest BCUT2D eigenvalue weighted by Crippen LogP contribution is 2.28. The van der Waals surface area contributed by atoms with E-state index in [0.29, 0.717) is 11.7 Å². The predicted octanol–water partition coefficient (Wildman–Crippen LogP) is 1.93. The minimum Gasteiger partial charge on any atom is -0.422 e. The molecule has 3 aliphatic heterocycles. The van der Waals surface area contributed by atoms with Gasteiger partial charge in [0.05, 0.1) is 0 Å². The molecule has 0 amide bonds. The van der Waals surface area contributed by atoms with Crippen LogP contribution in [0.3, 0.4) is 0 Å². The number of pyridine rings is 1. The van der Waals surface area contributed by atoms with Gasteiger partial charge in [-0.05, 0) is 25.0 Å². The summed E-state index contributed by atoms with van der Waals surface area (Å²) in [6.45, 7) is 4.54. The quantitative estimate of drug-likeness (QED) is 0.799. The Bertz CT molecular complexity index is 532. The number of fused-ring (bicyclic) bond motifs is 5. The highest BCUT2D eigenvalue weighted by molar-refractivity contribution is 5.85. The molecule has 5 rings (SSSR count). The predicted molar refractivity (Wildman–Crippen MR) is 75.9 cm³/mol. The molecule has 2 aromatic rings. The summed E-state index contributed by atoms with van der Waals surface area (Å²) in [7, 11) is 0. The van der Waals surface area contributed by atoms with Gasteiger partial charge >= 0.3 is 0 Å². The summed E-state index contributed by atoms with van der Waals surface area (Å²) >= 11 is 0. The van der Waals surface area contributed by atoms with Crippen LogP contribution in [0.2, 0.25) is 0 Å². The van der Waals surface area contributed by atoms with Crippen molar-refractivity contribution in [2.24, 2.45) is 0 Å². The molecule has 5 heterocycles. The Morgan fingerprint density at radius 2 is 2.00 bits per heavy atom. The Kier molecular flexibility index (Phi) is 3.33. The van der Waals surface area contributed by atoms with E-state index in [4.69, 9.17) is 4.42 Å². The number of halogens is 1. The summed E-state index contributed by atoms with van der Waals surface area (Å²) in [6.07, 6.45) is 4.19. The largest absolute Gasteiger partial charge is 0.422 e. The molecule has 0 unspecified atom stereocenters. The molecular weight excluding hydrogens is 264 g/mol. The number of hydrogen-bond acceptors (Lipinski definition) is 5. The Morgan fingerprint density at radius 3 is 2.79 bits per heavy atom. The molecule has 6 heteroatoms. The van der Waals surface area contributed by atoms with E-state index in [0.717, 1.165) is 24.7 Å². The van der Waals surface area contributed by atoms with Crippen LogP contribution in [0, 0.1) is 0 Å². The highest BCUT2D eigenvalue weighted by atomic mass is 35.5. The number of aromatic nitrogens is 2. The first-order valence-corrected chi connectivity index (χ1v) is 6.61. The van der Waals surface area contributed by atoms with Crippen molar-refractivity contribution in [3.63, 3.8) is 0 Å². The molecule has 2 bridgehead atoms. The van der Waals surface area contributed by atoms with Crippen LogP contribution in [0.1, 0.15) is 12.8 Å². The van der Waals surface area contributed by atoms with Crippen LogP contribution in [0.4, 0.5) is 6.01 Å². The molecule has 3 saturated heterocycles. The van der Waals surface area contributed by atoms with E-state index >= 15 is 0 Å². The second-order valence-electron chi connectivity index (χ2n) is 5.09. The second kappa shape index (κ2) is 4.98. The van der Waals surface area contributed by atoms with Crippen molar-refractivity contribution in [2.45, 2.75) is 18.9 Å². The molecule has 102 valence electrons. The third kappa shape index (κ3) is 2.17. The number of oxazole rings is 1. The lowest BCUT2D eigenvalue weighted by Gasteiger charge is -2.30. The minimum absolute atomic E-state index is 0. The van der Waals surface area contributed by atoms with Crippen LogP contribution in [0.25, 0.3) is 11.2 Å². The lowest BCUT2D eigenvalue weighted by atomic mass is 10.1. The van der Waals surface area contributed by atoms with Gasteiger partial charge in [0, 0.05) is 38.4 Å². The van der Waals surface area contributed by atoms with E-state index < -0.39 is 0 Å². The summed E-state index contributed by atoms with van der Waals surface area (Å²) in [5.74, 6) is 0. The smallest absolute Gasteiger partial charge is 0.300 e. The molecule has 2 aromatic heterocycles. The standard InChI is InChI=1S/C13H16N4O.ClH/c1-2-11-12(14-5-1)15-13(18-11)17-9-8-16-6-3-10(17)4-7-16;/h1-2,5,10H,3-4,6-9H2;1H. The van der Waals surface area contributed by atoms with Gasteiger partial charge in [0.2, 0.25) is 5.65 Å². The van der Waals surface area contributed by atoms with Gasteiger partial charge in [-0.25, -0.2) is 4.98 Å². The van der Waals surface area contributed by atoms with Crippen LogP contribution in [0.15, 0.2) is 22.7 Å². The van der Waals surface area contributed by atoms with Gasteiger partial charge in [-0.15, -0.1) is 12.4 Å². The fourth-order valence-electron chi connectivity index (χ4n) is 3.02. The van der Waals surface area contributed by atoms with Crippen molar-refractivity contribution in [3.8, 4) is 0 Å². The molecule has 19 heavy (non-hydrogen) atoms. The molecule has 0 aliphatic carbocycles. The molecule has 0 N–H and O–H groups in total. The zero-order chi connectivity index (χ0) is 11.9. The maximum atomic E-state index is 5.85. The minimum atomic E-state index is 0. The Balaban J connectivity index is 0.00000110. The summed E-state index contributed by atoms with van der Waals surface area (Å²) in [4.78, 5) is 13.6. The fourth-order valence-corrected chi connectivity index (χ4v) is 3.02. The average molecular weight is 281 g/mol. The summed E-state index contributed by atoms with van der Waals surface area (Å²) < 4.78 is 5.85. The number of anilines is 1. The topological polar surface area (TPSA) is 45.4 Å². The Labute approximate surface area is 118 Å². The molecular formula is C13H17ClN4O. The van der Waals surface area contributed by atoms with E-state index in [2.05, 4.69) is 19.8 Å². The summed E-state index contributed by atoms with van der Waals surface area (Å²) in [5.41, 5.74) is 1.50. The number of hydrogen-bond donors (Lipinski definition) is 0. The lowest BCUT2D eigenvalue weighted by Crippen LogP contribution is -2.38. The number of piperidine rings is 1. The van der Waals surface area contributed by atoms with Crippen LogP contribution < -0.4 is 4.90 Å². The molecule has 5 nitrogen and oxygen atoms in total. The Hall–Kier alpha value is -1.33. The van der Waals surface area contributed by atoms with E-state index in [1.807, 2.05) is 12.1 Å². The van der Waals surface area contributed by atoms with Gasteiger partial charge < -0.3 is 14.2 Å². The van der Waals surface area contributed by atoms with Crippen LogP contribution >= 0.6 is 12.4 Å². The monoisotopic (exact) mass is 280 g/mol. The van der Waals surface area contributed by atoms with Gasteiger partial charge in [0.1, 0.15) is 0 Å². The van der Waals surface area contributed by atoms with Crippen LogP contribution in [-0.2, 0) is 0 Å². The van der Waals surface area contributed by atoms with Crippen LogP contribution in [0.5, 0.6) is 0 Å². The van der Waals surface area contributed by atoms with E-state index in [1.54, 1.807) is 6.20 Å². The van der Waals surface area contributed by atoms with Crippen molar-refractivity contribution in [3.05, 3.63) is 18.3 Å². The summed E-state index contributed by atoms with van der Waals surface area (Å²) in [5, 5.41) is 0. The molecule has 0 aromatic carbocycles. The van der Waals surface area contributed by atoms with Crippen molar-refractivity contribution in [2.75, 3.05) is 31.1 Å². The third-order valence-electron chi connectivity index (χ3n) is 4.05. The maximum absolute atomic E-state index is 5.85.